The van der Waals surface area contributed by atoms with E-state index < -0.39 is 0 Å². The molecule has 162 valence electrons. The molecule has 0 atom stereocenters. The fraction of sp³-hybridized carbons (Fsp3) is 0.375. The Morgan fingerprint density at radius 2 is 1.68 bits per heavy atom. The lowest BCUT2D eigenvalue weighted by Gasteiger charge is -2.30. The van der Waals surface area contributed by atoms with Crippen LogP contribution >= 0.6 is 0 Å². The molecule has 0 spiro atoms. The molecule has 0 bridgehead atoms. The Hall–Kier alpha value is -3.22. The molecule has 0 radical (unpaired) electrons. The first-order valence-electron chi connectivity index (χ1n) is 10.7. The zero-order valence-corrected chi connectivity index (χ0v) is 17.9. The van der Waals surface area contributed by atoms with Gasteiger partial charge in [0.05, 0.1) is 11.9 Å². The van der Waals surface area contributed by atoms with E-state index in [0.717, 1.165) is 48.0 Å². The predicted octanol–water partition coefficient (Wildman–Crippen LogP) is 3.92. The molecular formula is C24H28FN5O. The van der Waals surface area contributed by atoms with Gasteiger partial charge >= 0.3 is 0 Å². The van der Waals surface area contributed by atoms with Crippen LogP contribution in [0.3, 0.4) is 0 Å². The Labute approximate surface area is 181 Å². The van der Waals surface area contributed by atoms with Crippen molar-refractivity contribution in [3.05, 3.63) is 59.9 Å². The van der Waals surface area contributed by atoms with Crippen molar-refractivity contribution >= 4 is 28.6 Å². The van der Waals surface area contributed by atoms with Crippen LogP contribution in [0.1, 0.15) is 31.2 Å². The van der Waals surface area contributed by atoms with Gasteiger partial charge in [-0.15, -0.1) is 0 Å². The Morgan fingerprint density at radius 3 is 2.39 bits per heavy atom. The highest BCUT2D eigenvalue weighted by Crippen LogP contribution is 2.26. The molecule has 1 aromatic heterocycles. The summed E-state index contributed by atoms with van der Waals surface area (Å²) < 4.78 is 13.0. The van der Waals surface area contributed by atoms with Crippen molar-refractivity contribution in [3.8, 4) is 0 Å². The number of carbonyl (C=O) groups excluding carboxylic acids is 1. The van der Waals surface area contributed by atoms with E-state index in [1.54, 1.807) is 12.1 Å². The Kier molecular flexibility index (Phi) is 6.30. The summed E-state index contributed by atoms with van der Waals surface area (Å²) in [4.78, 5) is 23.7. The third-order valence-corrected chi connectivity index (χ3v) is 5.71. The Bertz CT molecular complexity index is 1050. The first-order chi connectivity index (χ1) is 15.0. The van der Waals surface area contributed by atoms with Crippen LogP contribution in [-0.4, -0.2) is 42.1 Å². The number of benzene rings is 2. The topological polar surface area (TPSA) is 70.2 Å². The second-order valence-corrected chi connectivity index (χ2v) is 8.35. The van der Waals surface area contributed by atoms with Crippen LogP contribution in [0.25, 0.3) is 10.9 Å². The van der Waals surface area contributed by atoms with Crippen LogP contribution in [0.5, 0.6) is 0 Å². The second kappa shape index (κ2) is 9.29. The zero-order chi connectivity index (χ0) is 21.8. The van der Waals surface area contributed by atoms with Crippen LogP contribution in [0.15, 0.2) is 48.5 Å². The van der Waals surface area contributed by atoms with Crippen molar-refractivity contribution in [2.75, 3.05) is 24.3 Å². The van der Waals surface area contributed by atoms with E-state index in [4.69, 9.17) is 4.98 Å². The minimum absolute atomic E-state index is 0.0171. The summed E-state index contributed by atoms with van der Waals surface area (Å²) in [5.41, 5.74) is 1.74. The molecule has 1 aliphatic carbocycles. The summed E-state index contributed by atoms with van der Waals surface area (Å²) in [6.07, 6.45) is 3.96. The molecule has 3 aromatic rings. The minimum atomic E-state index is -0.289. The summed E-state index contributed by atoms with van der Waals surface area (Å²) in [5.74, 6) is 1.24. The number of anilines is 2. The van der Waals surface area contributed by atoms with Gasteiger partial charge in [0.2, 0.25) is 11.9 Å². The molecule has 2 N–H and O–H groups in total. The molecular weight excluding hydrogens is 393 g/mol. The van der Waals surface area contributed by atoms with Gasteiger partial charge in [-0.25, -0.2) is 9.37 Å². The number of hydrogen-bond acceptors (Lipinski definition) is 5. The van der Waals surface area contributed by atoms with Gasteiger partial charge in [0.25, 0.3) is 0 Å². The van der Waals surface area contributed by atoms with Crippen molar-refractivity contribution in [1.82, 2.24) is 15.3 Å². The first kappa shape index (κ1) is 21.0. The van der Waals surface area contributed by atoms with E-state index in [-0.39, 0.29) is 30.2 Å². The maximum absolute atomic E-state index is 13.0. The van der Waals surface area contributed by atoms with Crippen LogP contribution in [0, 0.1) is 5.82 Å². The predicted molar refractivity (Wildman–Crippen MR) is 122 cm³/mol. The van der Waals surface area contributed by atoms with E-state index in [1.165, 1.54) is 12.1 Å². The summed E-state index contributed by atoms with van der Waals surface area (Å²) in [6, 6.07) is 14.5. The zero-order valence-electron chi connectivity index (χ0n) is 17.9. The average molecular weight is 422 g/mol. The average Bonchev–Trinajstić information content (AvgIpc) is 2.76. The number of nitrogens with one attached hydrogen (secondary N) is 2. The first-order valence-corrected chi connectivity index (χ1v) is 10.7. The second-order valence-electron chi connectivity index (χ2n) is 8.35. The molecule has 1 saturated carbocycles. The van der Waals surface area contributed by atoms with Crippen molar-refractivity contribution in [1.29, 1.82) is 0 Å². The molecule has 0 unspecified atom stereocenters. The van der Waals surface area contributed by atoms with Gasteiger partial charge in [-0.3, -0.25) is 4.79 Å². The molecule has 2 aromatic carbocycles. The highest BCUT2D eigenvalue weighted by molar-refractivity contribution is 5.90. The van der Waals surface area contributed by atoms with Gasteiger partial charge in [0.1, 0.15) is 11.6 Å². The third kappa shape index (κ3) is 5.29. The summed E-state index contributed by atoms with van der Waals surface area (Å²) in [6.45, 7) is 0. The highest BCUT2D eigenvalue weighted by atomic mass is 19.1. The normalized spacial score (nSPS) is 18.5. The molecule has 0 aliphatic heterocycles. The van der Waals surface area contributed by atoms with Gasteiger partial charge in [-0.2, -0.15) is 4.98 Å². The largest absolute Gasteiger partial charge is 0.362 e. The summed E-state index contributed by atoms with van der Waals surface area (Å²) in [7, 11) is 3.97. The number of fused-ring (bicyclic) bond motifs is 1. The lowest BCUT2D eigenvalue weighted by Crippen LogP contribution is -2.40. The number of nitrogens with zero attached hydrogens (tertiary/aromatic N) is 3. The maximum Gasteiger partial charge on any atom is 0.225 e. The highest BCUT2D eigenvalue weighted by Gasteiger charge is 2.23. The minimum Gasteiger partial charge on any atom is -0.362 e. The maximum atomic E-state index is 13.0. The molecule has 1 heterocycles. The quantitative estimate of drug-likeness (QED) is 0.631. The number of halogens is 1. The summed E-state index contributed by atoms with van der Waals surface area (Å²) in [5, 5.41) is 7.64. The van der Waals surface area contributed by atoms with Crippen LogP contribution in [0.4, 0.5) is 16.2 Å². The van der Waals surface area contributed by atoms with Gasteiger partial charge < -0.3 is 15.5 Å². The molecule has 4 rings (SSSR count). The van der Waals surface area contributed by atoms with E-state index in [9.17, 15) is 9.18 Å². The number of hydrogen-bond donors (Lipinski definition) is 2. The number of para-hydroxylation sites is 1. The molecule has 1 amide bonds. The fourth-order valence-corrected chi connectivity index (χ4v) is 4.10. The Morgan fingerprint density at radius 1 is 1.00 bits per heavy atom. The van der Waals surface area contributed by atoms with Crippen LogP contribution in [0.2, 0.25) is 0 Å². The number of carbonyl (C=O) groups is 1. The van der Waals surface area contributed by atoms with E-state index in [1.807, 2.05) is 43.3 Å². The Balaban J connectivity index is 1.32. The smallest absolute Gasteiger partial charge is 0.225 e. The van der Waals surface area contributed by atoms with Crippen molar-refractivity contribution in [2.24, 2.45) is 0 Å². The standard InChI is InChI=1S/C24H28FN5O/c1-30(2)23-20-5-3-4-6-21(20)28-24(29-23)27-19-13-11-18(12-14-19)26-22(31)15-16-7-9-17(25)10-8-16/h3-10,18-19H,11-15H2,1-2H3,(H,26,31)(H,27,28,29)/t18-,19+. The molecule has 1 fully saturated rings. The number of rotatable bonds is 6. The van der Waals surface area contributed by atoms with Gasteiger partial charge in [-0.1, -0.05) is 24.3 Å². The molecule has 31 heavy (non-hydrogen) atoms. The fourth-order valence-electron chi connectivity index (χ4n) is 4.10. The number of amides is 1. The lowest BCUT2D eigenvalue weighted by molar-refractivity contribution is -0.121. The SMILES string of the molecule is CN(C)c1nc(N[C@H]2CC[C@@H](NC(=O)Cc3ccc(F)cc3)CC2)nc2ccccc12. The lowest BCUT2D eigenvalue weighted by atomic mass is 9.91. The molecule has 1 aliphatic rings. The van der Waals surface area contributed by atoms with Gasteiger partial charge in [0.15, 0.2) is 0 Å². The third-order valence-electron chi connectivity index (χ3n) is 5.71. The van der Waals surface area contributed by atoms with E-state index in [2.05, 4.69) is 15.6 Å². The van der Waals surface area contributed by atoms with Gasteiger partial charge in [0, 0.05) is 31.6 Å². The number of aromatic nitrogens is 2. The van der Waals surface area contributed by atoms with Crippen LogP contribution < -0.4 is 15.5 Å². The monoisotopic (exact) mass is 421 g/mol. The molecule has 7 heteroatoms. The molecule has 6 nitrogen and oxygen atoms in total. The van der Waals surface area contributed by atoms with E-state index >= 15 is 0 Å². The van der Waals surface area contributed by atoms with Crippen molar-refractivity contribution in [3.63, 3.8) is 0 Å². The van der Waals surface area contributed by atoms with Crippen molar-refractivity contribution < 1.29 is 9.18 Å². The summed E-state index contributed by atoms with van der Waals surface area (Å²) >= 11 is 0. The van der Waals surface area contributed by atoms with E-state index in [0.29, 0.717) is 5.95 Å². The van der Waals surface area contributed by atoms with Crippen molar-refractivity contribution in [2.45, 2.75) is 44.2 Å². The van der Waals surface area contributed by atoms with Crippen LogP contribution in [-0.2, 0) is 11.2 Å². The van der Waals surface area contributed by atoms with Gasteiger partial charge in [-0.05, 0) is 55.5 Å². The molecule has 0 saturated heterocycles.